The van der Waals surface area contributed by atoms with Crippen molar-refractivity contribution in [3.8, 4) is 11.4 Å². The van der Waals surface area contributed by atoms with Crippen LogP contribution in [-0.2, 0) is 20.7 Å². The number of carbonyl (C=O) groups excluding carboxylic acids is 1. The van der Waals surface area contributed by atoms with E-state index in [1.807, 2.05) is 0 Å². The molecule has 1 amide bonds. The van der Waals surface area contributed by atoms with E-state index in [0.717, 1.165) is 0 Å². The van der Waals surface area contributed by atoms with E-state index >= 15 is 0 Å². The summed E-state index contributed by atoms with van der Waals surface area (Å²) in [6.45, 7) is 0.604. The molecule has 0 spiro atoms. The van der Waals surface area contributed by atoms with Crippen LogP contribution in [0.3, 0.4) is 0 Å². The summed E-state index contributed by atoms with van der Waals surface area (Å²) in [5.41, 5.74) is 0.686. The molecule has 1 fully saturated rings. The first-order valence-corrected chi connectivity index (χ1v) is 7.10. The van der Waals surface area contributed by atoms with Crippen LogP contribution in [0, 0.1) is 0 Å². The van der Waals surface area contributed by atoms with Crippen LogP contribution in [0.5, 0.6) is 0 Å². The summed E-state index contributed by atoms with van der Waals surface area (Å²) in [5, 5.41) is 12.9. The summed E-state index contributed by atoms with van der Waals surface area (Å²) in [7, 11) is 0. The smallest absolute Gasteiger partial charge is 0.328 e. The highest BCUT2D eigenvalue weighted by Crippen LogP contribution is 2.17. The van der Waals surface area contributed by atoms with E-state index in [2.05, 4.69) is 10.1 Å². The van der Waals surface area contributed by atoms with Crippen molar-refractivity contribution in [2.45, 2.75) is 18.9 Å². The number of aromatic nitrogens is 2. The fourth-order valence-corrected chi connectivity index (χ4v) is 2.33. The van der Waals surface area contributed by atoms with Gasteiger partial charge in [-0.05, 0) is 6.07 Å². The zero-order valence-corrected chi connectivity index (χ0v) is 12.2. The van der Waals surface area contributed by atoms with Crippen LogP contribution in [0.25, 0.3) is 11.4 Å². The molecule has 0 radical (unpaired) electrons. The number of aliphatic carboxylic acids is 1. The van der Waals surface area contributed by atoms with Crippen LogP contribution in [0.4, 0.5) is 0 Å². The third-order valence-corrected chi connectivity index (χ3v) is 3.53. The number of hydrogen-bond acceptors (Lipinski definition) is 7. The van der Waals surface area contributed by atoms with Gasteiger partial charge in [-0.2, -0.15) is 4.98 Å². The molecule has 0 bridgehead atoms. The van der Waals surface area contributed by atoms with E-state index in [4.69, 9.17) is 18.8 Å². The van der Waals surface area contributed by atoms with E-state index in [-0.39, 0.29) is 31.9 Å². The highest BCUT2D eigenvalue weighted by atomic mass is 16.5. The van der Waals surface area contributed by atoms with Gasteiger partial charge in [-0.1, -0.05) is 5.16 Å². The van der Waals surface area contributed by atoms with E-state index < -0.39 is 12.0 Å². The van der Waals surface area contributed by atoms with Crippen molar-refractivity contribution in [1.82, 2.24) is 15.0 Å². The molecule has 1 saturated heterocycles. The molecule has 0 aliphatic carbocycles. The van der Waals surface area contributed by atoms with Crippen LogP contribution in [0.1, 0.15) is 12.3 Å². The molecule has 2 aromatic rings. The molecule has 3 heterocycles. The third-order valence-electron chi connectivity index (χ3n) is 3.53. The molecule has 0 unspecified atom stereocenters. The Bertz CT molecular complexity index is 681. The minimum absolute atomic E-state index is 0.00622. The van der Waals surface area contributed by atoms with Crippen molar-refractivity contribution >= 4 is 11.9 Å². The van der Waals surface area contributed by atoms with Gasteiger partial charge >= 0.3 is 5.97 Å². The van der Waals surface area contributed by atoms with Crippen molar-refractivity contribution in [2.75, 3.05) is 19.8 Å². The largest absolute Gasteiger partial charge is 0.480 e. The number of carboxylic acids is 1. The van der Waals surface area contributed by atoms with Crippen molar-refractivity contribution in [2.24, 2.45) is 0 Å². The van der Waals surface area contributed by atoms with E-state index in [0.29, 0.717) is 23.9 Å². The predicted molar refractivity (Wildman–Crippen MR) is 74.3 cm³/mol. The highest BCUT2D eigenvalue weighted by molar-refractivity contribution is 5.84. The summed E-state index contributed by atoms with van der Waals surface area (Å²) in [6, 6.07) is 0.755. The second-order valence-corrected chi connectivity index (χ2v) is 5.04. The van der Waals surface area contributed by atoms with Crippen LogP contribution in [0.15, 0.2) is 27.5 Å². The minimum Gasteiger partial charge on any atom is -0.480 e. The first-order chi connectivity index (χ1) is 11.1. The minimum atomic E-state index is -1.07. The van der Waals surface area contributed by atoms with Gasteiger partial charge in [0.2, 0.25) is 17.6 Å². The Morgan fingerprint density at radius 2 is 2.30 bits per heavy atom. The number of nitrogens with zero attached hydrogens (tertiary/aromatic N) is 3. The Morgan fingerprint density at radius 3 is 3.04 bits per heavy atom. The molecule has 2 aromatic heterocycles. The molecule has 1 aliphatic heterocycles. The van der Waals surface area contributed by atoms with Gasteiger partial charge in [0.1, 0.15) is 6.26 Å². The molecule has 9 heteroatoms. The van der Waals surface area contributed by atoms with Gasteiger partial charge in [-0.15, -0.1) is 0 Å². The van der Waals surface area contributed by atoms with Gasteiger partial charge in [0, 0.05) is 19.4 Å². The predicted octanol–water partition coefficient (Wildman–Crippen LogP) is 0.574. The van der Waals surface area contributed by atoms with E-state index in [9.17, 15) is 9.59 Å². The summed E-state index contributed by atoms with van der Waals surface area (Å²) in [6.07, 6.45) is 3.33. The summed E-state index contributed by atoms with van der Waals surface area (Å²) < 4.78 is 15.1. The lowest BCUT2D eigenvalue weighted by Gasteiger charge is -2.32. The number of furan rings is 1. The van der Waals surface area contributed by atoms with Gasteiger partial charge in [-0.3, -0.25) is 4.79 Å². The van der Waals surface area contributed by atoms with Gasteiger partial charge in [0.05, 0.1) is 25.0 Å². The zero-order valence-electron chi connectivity index (χ0n) is 12.2. The molecule has 1 atom stereocenters. The second-order valence-electron chi connectivity index (χ2n) is 5.04. The molecule has 1 N–H and O–H groups in total. The Hall–Kier alpha value is -2.68. The van der Waals surface area contributed by atoms with Crippen LogP contribution < -0.4 is 0 Å². The third kappa shape index (κ3) is 3.39. The second kappa shape index (κ2) is 6.61. The molecule has 9 nitrogen and oxygen atoms in total. The lowest BCUT2D eigenvalue weighted by molar-refractivity contribution is -0.158. The van der Waals surface area contributed by atoms with Gasteiger partial charge in [0.25, 0.3) is 0 Å². The molecule has 0 aromatic carbocycles. The quantitative estimate of drug-likeness (QED) is 0.849. The molecule has 23 heavy (non-hydrogen) atoms. The van der Waals surface area contributed by atoms with Gasteiger partial charge in [0.15, 0.2) is 6.04 Å². The van der Waals surface area contributed by atoms with E-state index in [1.54, 1.807) is 6.07 Å². The van der Waals surface area contributed by atoms with Crippen LogP contribution >= 0.6 is 0 Å². The van der Waals surface area contributed by atoms with Gasteiger partial charge < -0.3 is 23.7 Å². The lowest BCUT2D eigenvalue weighted by atomic mass is 10.2. The average Bonchev–Trinajstić information content (AvgIpc) is 3.23. The number of ether oxygens (including phenoxy) is 1. The number of rotatable bonds is 5. The summed E-state index contributed by atoms with van der Waals surface area (Å²) >= 11 is 0. The van der Waals surface area contributed by atoms with Crippen LogP contribution in [-0.4, -0.2) is 57.8 Å². The van der Waals surface area contributed by atoms with E-state index in [1.165, 1.54) is 17.4 Å². The summed E-state index contributed by atoms with van der Waals surface area (Å²) in [5.74, 6) is -0.646. The van der Waals surface area contributed by atoms with Crippen molar-refractivity contribution in [3.63, 3.8) is 0 Å². The maximum Gasteiger partial charge on any atom is 0.328 e. The maximum atomic E-state index is 12.2. The Labute approximate surface area is 130 Å². The molecule has 122 valence electrons. The number of carboxylic acid groups (broad SMARTS) is 1. The molecule has 1 aliphatic rings. The fourth-order valence-electron chi connectivity index (χ4n) is 2.33. The van der Waals surface area contributed by atoms with Crippen molar-refractivity contribution < 1.29 is 28.4 Å². The van der Waals surface area contributed by atoms with Crippen LogP contribution in [0.2, 0.25) is 0 Å². The lowest BCUT2D eigenvalue weighted by Crippen LogP contribution is -2.52. The fraction of sp³-hybridized carbons (Fsp3) is 0.429. The monoisotopic (exact) mass is 321 g/mol. The summed E-state index contributed by atoms with van der Waals surface area (Å²) in [4.78, 5) is 28.9. The number of hydrogen-bond donors (Lipinski definition) is 1. The molecular weight excluding hydrogens is 306 g/mol. The SMILES string of the molecule is O=C(O)[C@H]1COCCN1C(=O)CCc1nc(-c2ccoc2)no1. The topological polar surface area (TPSA) is 119 Å². The Morgan fingerprint density at radius 1 is 1.43 bits per heavy atom. The normalized spacial score (nSPS) is 18.1. The first kappa shape index (κ1) is 15.2. The number of aryl methyl sites for hydroxylation is 1. The maximum absolute atomic E-state index is 12.2. The number of amides is 1. The first-order valence-electron chi connectivity index (χ1n) is 7.10. The molecule has 3 rings (SSSR count). The number of morpholine rings is 1. The zero-order chi connectivity index (χ0) is 16.2. The number of carbonyl (C=O) groups is 2. The molecule has 0 saturated carbocycles. The average molecular weight is 321 g/mol. The van der Waals surface area contributed by atoms with Gasteiger partial charge in [-0.25, -0.2) is 4.79 Å². The standard InChI is InChI=1S/C14H15N3O6/c18-12(17-4-6-22-8-10(17)14(19)20)2-1-11-15-13(16-23-11)9-3-5-21-7-9/h3,5,7,10H,1-2,4,6,8H2,(H,19,20)/t10-/m1/s1. The van der Waals surface area contributed by atoms with Crippen molar-refractivity contribution in [1.29, 1.82) is 0 Å². The highest BCUT2D eigenvalue weighted by Gasteiger charge is 2.32. The molecular formula is C14H15N3O6. The Kier molecular flexibility index (Phi) is 4.38. The Balaban J connectivity index is 1.59. The van der Waals surface area contributed by atoms with Crippen molar-refractivity contribution in [3.05, 3.63) is 24.5 Å².